The molecule has 0 radical (unpaired) electrons. The van der Waals surface area contributed by atoms with E-state index < -0.39 is 0 Å². The largest absolute Gasteiger partial charge is 0.291 e. The van der Waals surface area contributed by atoms with Crippen LogP contribution in [0.4, 0.5) is 5.69 Å². The van der Waals surface area contributed by atoms with Crippen molar-refractivity contribution in [1.29, 1.82) is 0 Å². The van der Waals surface area contributed by atoms with Crippen LogP contribution >= 0.6 is 11.6 Å². The topological polar surface area (TPSA) is 57.9 Å². The minimum Gasteiger partial charge on any atom is -0.291 e. The van der Waals surface area contributed by atoms with E-state index in [-0.39, 0.29) is 6.04 Å². The van der Waals surface area contributed by atoms with Gasteiger partial charge in [0.1, 0.15) is 11.2 Å². The van der Waals surface area contributed by atoms with Gasteiger partial charge in [-0.1, -0.05) is 24.1 Å². The number of pyridine rings is 1. The van der Waals surface area contributed by atoms with E-state index >= 15 is 0 Å². The zero-order valence-corrected chi connectivity index (χ0v) is 15.3. The predicted octanol–water partition coefficient (Wildman–Crippen LogP) is 5.56. The molecule has 2 aliphatic rings. The lowest BCUT2D eigenvalue weighted by atomic mass is 9.92. The first kappa shape index (κ1) is 17.3. The lowest BCUT2D eigenvalue weighted by molar-refractivity contribution is 0.201. The number of benzene rings is 1. The van der Waals surface area contributed by atoms with Gasteiger partial charge in [-0.25, -0.2) is 0 Å². The van der Waals surface area contributed by atoms with Crippen LogP contribution in [-0.4, -0.2) is 28.7 Å². The maximum Gasteiger partial charge on any atom is 0.139 e. The van der Waals surface area contributed by atoms with Gasteiger partial charge in [-0.3, -0.25) is 14.9 Å². The number of piperidine rings is 1. The molecule has 1 unspecified atom stereocenters. The van der Waals surface area contributed by atoms with Gasteiger partial charge in [-0.15, -0.1) is 4.91 Å². The van der Waals surface area contributed by atoms with Gasteiger partial charge in [0.25, 0.3) is 0 Å². The Morgan fingerprint density at radius 3 is 2.81 bits per heavy atom. The molecule has 1 atom stereocenters. The molecule has 1 aromatic heterocycles. The van der Waals surface area contributed by atoms with Crippen LogP contribution in [0, 0.1) is 4.91 Å². The van der Waals surface area contributed by atoms with Crippen LogP contribution in [0.5, 0.6) is 0 Å². The number of halogens is 1. The summed E-state index contributed by atoms with van der Waals surface area (Å²) in [6, 6.07) is 5.51. The number of nitroso groups, excluding NO2 is 1. The third-order valence-electron chi connectivity index (χ3n) is 5.22. The summed E-state index contributed by atoms with van der Waals surface area (Å²) in [6.45, 7) is 1.98. The molecule has 5 nitrogen and oxygen atoms in total. The second kappa shape index (κ2) is 7.64. The summed E-state index contributed by atoms with van der Waals surface area (Å²) in [4.78, 5) is 23.3. The predicted molar refractivity (Wildman–Crippen MR) is 106 cm³/mol. The number of allylic oxidation sites excluding steroid dienone is 1. The number of aromatic nitrogens is 1. The van der Waals surface area contributed by atoms with E-state index in [0.29, 0.717) is 16.2 Å². The quantitative estimate of drug-likeness (QED) is 0.663. The SMILES string of the molecule is O=Nc1c(C(C2=NC=CCC2)N2CCCCC2)cc(Cl)c2cccnc12. The Labute approximate surface area is 157 Å². The minimum atomic E-state index is -0.0724. The second-order valence-electron chi connectivity index (χ2n) is 6.83. The molecule has 26 heavy (non-hydrogen) atoms. The number of likely N-dealkylation sites (tertiary alicyclic amines) is 1. The Morgan fingerprint density at radius 1 is 1.23 bits per heavy atom. The van der Waals surface area contributed by atoms with Crippen molar-refractivity contribution in [3.63, 3.8) is 0 Å². The highest BCUT2D eigenvalue weighted by Gasteiger charge is 2.31. The highest BCUT2D eigenvalue weighted by atomic mass is 35.5. The van der Waals surface area contributed by atoms with E-state index in [2.05, 4.69) is 26.1 Å². The number of nitrogens with zero attached hydrogens (tertiary/aromatic N) is 4. The second-order valence-corrected chi connectivity index (χ2v) is 7.24. The van der Waals surface area contributed by atoms with Crippen LogP contribution in [0.3, 0.4) is 0 Å². The Hall–Kier alpha value is -2.11. The van der Waals surface area contributed by atoms with Crippen LogP contribution in [0.1, 0.15) is 43.7 Å². The fraction of sp³-hybridized carbons (Fsp3) is 0.400. The van der Waals surface area contributed by atoms with Crippen LogP contribution in [0.2, 0.25) is 5.02 Å². The smallest absolute Gasteiger partial charge is 0.139 e. The van der Waals surface area contributed by atoms with E-state index in [9.17, 15) is 4.91 Å². The summed E-state index contributed by atoms with van der Waals surface area (Å²) in [5, 5.41) is 4.74. The molecular formula is C20H21ClN4O. The molecule has 4 rings (SSSR count). The number of rotatable bonds is 4. The number of fused-ring (bicyclic) bond motifs is 1. The summed E-state index contributed by atoms with van der Waals surface area (Å²) in [5.74, 6) is 0. The number of hydrogen-bond donors (Lipinski definition) is 0. The third-order valence-corrected chi connectivity index (χ3v) is 5.53. The van der Waals surface area contributed by atoms with Crippen molar-refractivity contribution in [3.05, 3.63) is 52.2 Å². The highest BCUT2D eigenvalue weighted by molar-refractivity contribution is 6.36. The van der Waals surface area contributed by atoms with Gasteiger partial charge in [-0.05, 0) is 62.1 Å². The molecular weight excluding hydrogens is 348 g/mol. The third kappa shape index (κ3) is 3.17. The first-order valence-electron chi connectivity index (χ1n) is 9.15. The lowest BCUT2D eigenvalue weighted by Gasteiger charge is -2.36. The summed E-state index contributed by atoms with van der Waals surface area (Å²) in [7, 11) is 0. The van der Waals surface area contributed by atoms with Gasteiger partial charge in [0.2, 0.25) is 0 Å². The average Bonchev–Trinajstić information content (AvgIpc) is 2.70. The van der Waals surface area contributed by atoms with Gasteiger partial charge in [0, 0.05) is 29.1 Å². The van der Waals surface area contributed by atoms with Gasteiger partial charge < -0.3 is 0 Å². The van der Waals surface area contributed by atoms with Crippen molar-refractivity contribution in [1.82, 2.24) is 9.88 Å². The average molecular weight is 369 g/mol. The molecule has 0 aliphatic carbocycles. The minimum absolute atomic E-state index is 0.0724. The summed E-state index contributed by atoms with van der Waals surface area (Å²) >= 11 is 6.56. The van der Waals surface area contributed by atoms with Crippen LogP contribution < -0.4 is 0 Å². The van der Waals surface area contributed by atoms with Crippen LogP contribution in [0.25, 0.3) is 10.9 Å². The molecule has 0 saturated carbocycles. The van der Waals surface area contributed by atoms with Gasteiger partial charge in [0.15, 0.2) is 0 Å². The van der Waals surface area contributed by atoms with Crippen molar-refractivity contribution >= 4 is 33.9 Å². The van der Waals surface area contributed by atoms with Crippen molar-refractivity contribution in [2.75, 3.05) is 13.1 Å². The number of hydrogen-bond acceptors (Lipinski definition) is 5. The molecule has 2 aromatic rings. The molecule has 0 spiro atoms. The van der Waals surface area contributed by atoms with Crippen molar-refractivity contribution in [2.45, 2.75) is 38.1 Å². The molecule has 1 aromatic carbocycles. The summed E-state index contributed by atoms with van der Waals surface area (Å²) in [6.07, 6.45) is 11.0. The molecule has 6 heteroatoms. The molecule has 0 amide bonds. The summed E-state index contributed by atoms with van der Waals surface area (Å²) < 4.78 is 0. The van der Waals surface area contributed by atoms with Crippen molar-refractivity contribution in [3.8, 4) is 0 Å². The molecule has 1 saturated heterocycles. The maximum absolute atomic E-state index is 11.8. The van der Waals surface area contributed by atoms with E-state index in [0.717, 1.165) is 55.4 Å². The molecule has 134 valence electrons. The van der Waals surface area contributed by atoms with E-state index in [1.54, 1.807) is 6.20 Å². The maximum atomic E-state index is 11.8. The fourth-order valence-corrected chi connectivity index (χ4v) is 4.27. The van der Waals surface area contributed by atoms with E-state index in [1.165, 1.54) is 6.42 Å². The zero-order chi connectivity index (χ0) is 17.9. The standard InChI is InChI=1S/C20H21ClN4O/c21-16-13-15(19(24-26)18-14(16)7-6-10-23-18)20(17-8-2-3-9-22-17)25-11-4-1-5-12-25/h3,6-7,9-10,13,20H,1-2,4-5,8,11-12H2. The van der Waals surface area contributed by atoms with Gasteiger partial charge >= 0.3 is 0 Å². The Balaban J connectivity index is 1.91. The Bertz CT molecular complexity index is 887. The highest BCUT2D eigenvalue weighted by Crippen LogP contribution is 2.41. The number of aliphatic imine (C=N–C) groups is 1. The first-order valence-corrected chi connectivity index (χ1v) is 9.53. The van der Waals surface area contributed by atoms with E-state index in [4.69, 9.17) is 11.6 Å². The molecule has 1 fully saturated rings. The Morgan fingerprint density at radius 2 is 2.08 bits per heavy atom. The molecule has 0 bridgehead atoms. The molecule has 3 heterocycles. The monoisotopic (exact) mass is 368 g/mol. The van der Waals surface area contributed by atoms with Gasteiger partial charge in [0.05, 0.1) is 11.1 Å². The molecule has 0 N–H and O–H groups in total. The Kier molecular flexibility index (Phi) is 5.09. The van der Waals surface area contributed by atoms with Crippen molar-refractivity contribution < 1.29 is 0 Å². The van der Waals surface area contributed by atoms with Gasteiger partial charge in [-0.2, -0.15) is 0 Å². The first-order chi connectivity index (χ1) is 12.8. The molecule has 2 aliphatic heterocycles. The van der Waals surface area contributed by atoms with Crippen LogP contribution in [0.15, 0.2) is 46.8 Å². The zero-order valence-electron chi connectivity index (χ0n) is 14.6. The summed E-state index contributed by atoms with van der Waals surface area (Å²) in [5.41, 5.74) is 2.86. The lowest BCUT2D eigenvalue weighted by Crippen LogP contribution is -2.38. The van der Waals surface area contributed by atoms with Crippen LogP contribution in [-0.2, 0) is 0 Å². The van der Waals surface area contributed by atoms with Crippen molar-refractivity contribution in [2.24, 2.45) is 10.2 Å². The van der Waals surface area contributed by atoms with E-state index in [1.807, 2.05) is 24.4 Å². The normalized spacial score (nSPS) is 19.3. The fourth-order valence-electron chi connectivity index (χ4n) is 4.00.